The molecular weight excluding hydrogens is 258 g/mol. The number of likely N-dealkylation sites (tertiary alicyclic amines) is 1. The van der Waals surface area contributed by atoms with E-state index in [4.69, 9.17) is 0 Å². The Morgan fingerprint density at radius 2 is 2.00 bits per heavy atom. The molecule has 0 bridgehead atoms. The molecule has 0 aromatic heterocycles. The highest BCUT2D eigenvalue weighted by Gasteiger charge is 2.32. The van der Waals surface area contributed by atoms with Crippen LogP contribution in [0.4, 0.5) is 0 Å². The Bertz CT molecular complexity index is 527. The third-order valence-corrected chi connectivity index (χ3v) is 3.68. The molecule has 1 saturated heterocycles. The van der Waals surface area contributed by atoms with Crippen molar-refractivity contribution in [3.05, 3.63) is 29.3 Å². The van der Waals surface area contributed by atoms with Gasteiger partial charge in [0.25, 0.3) is 5.91 Å². The van der Waals surface area contributed by atoms with Crippen molar-refractivity contribution in [1.29, 1.82) is 0 Å². The van der Waals surface area contributed by atoms with E-state index in [-0.39, 0.29) is 11.3 Å². The average molecular weight is 277 g/mol. The van der Waals surface area contributed by atoms with E-state index in [2.05, 4.69) is 0 Å². The molecule has 1 fully saturated rings. The number of amides is 1. The highest BCUT2D eigenvalue weighted by Crippen LogP contribution is 2.24. The second kappa shape index (κ2) is 5.94. The summed E-state index contributed by atoms with van der Waals surface area (Å²) in [7, 11) is 0. The van der Waals surface area contributed by atoms with Gasteiger partial charge in [-0.2, -0.15) is 0 Å². The van der Waals surface area contributed by atoms with Crippen molar-refractivity contribution in [3.63, 3.8) is 0 Å². The Morgan fingerprint density at radius 3 is 2.70 bits per heavy atom. The van der Waals surface area contributed by atoms with Crippen LogP contribution in [0.25, 0.3) is 0 Å². The minimum absolute atomic E-state index is 0.103. The third kappa shape index (κ3) is 2.92. The summed E-state index contributed by atoms with van der Waals surface area (Å²) in [4.78, 5) is 25.3. The van der Waals surface area contributed by atoms with Gasteiger partial charge in [-0.1, -0.05) is 24.5 Å². The number of nitrogens with zero attached hydrogens (tertiary/aromatic N) is 1. The highest BCUT2D eigenvalue weighted by atomic mass is 16.4. The number of carbonyl (C=O) groups is 2. The van der Waals surface area contributed by atoms with Gasteiger partial charge in [0, 0.05) is 6.54 Å². The minimum Gasteiger partial charge on any atom is -0.507 e. The number of carboxylic acids is 1. The standard InChI is InChI=1S/C15H19NO4/c1-10-6-7-13(17)11(9-10)14(18)16-8-4-2-3-5-12(16)15(19)20/h6-7,9,12,17H,2-5,8H2,1H3,(H,19,20). The first-order chi connectivity index (χ1) is 9.50. The van der Waals surface area contributed by atoms with Crippen LogP contribution in [-0.2, 0) is 4.79 Å². The highest BCUT2D eigenvalue weighted by molar-refractivity contribution is 5.99. The van der Waals surface area contributed by atoms with E-state index in [0.29, 0.717) is 13.0 Å². The van der Waals surface area contributed by atoms with Crippen LogP contribution >= 0.6 is 0 Å². The molecule has 20 heavy (non-hydrogen) atoms. The molecule has 1 aromatic rings. The lowest BCUT2D eigenvalue weighted by atomic mass is 10.1. The molecule has 108 valence electrons. The molecule has 5 heteroatoms. The first-order valence-corrected chi connectivity index (χ1v) is 6.84. The van der Waals surface area contributed by atoms with E-state index in [1.165, 1.54) is 11.0 Å². The number of aromatic hydroxyl groups is 1. The summed E-state index contributed by atoms with van der Waals surface area (Å²) in [5.41, 5.74) is 1.03. The number of hydrogen-bond donors (Lipinski definition) is 2. The number of carbonyl (C=O) groups excluding carboxylic acids is 1. The maximum atomic E-state index is 12.5. The van der Waals surface area contributed by atoms with Gasteiger partial charge in [-0.25, -0.2) is 4.79 Å². The van der Waals surface area contributed by atoms with Crippen molar-refractivity contribution in [2.45, 2.75) is 38.6 Å². The van der Waals surface area contributed by atoms with Gasteiger partial charge < -0.3 is 15.1 Å². The number of phenols is 1. The van der Waals surface area contributed by atoms with Gasteiger partial charge >= 0.3 is 5.97 Å². The molecule has 1 aromatic carbocycles. The summed E-state index contributed by atoms with van der Waals surface area (Å²) < 4.78 is 0. The second-order valence-electron chi connectivity index (χ2n) is 5.22. The fraction of sp³-hybridized carbons (Fsp3) is 0.467. The number of benzene rings is 1. The summed E-state index contributed by atoms with van der Waals surface area (Å²) in [6.07, 6.45) is 2.99. The number of hydrogen-bond acceptors (Lipinski definition) is 3. The van der Waals surface area contributed by atoms with Crippen LogP contribution in [0.2, 0.25) is 0 Å². The Morgan fingerprint density at radius 1 is 1.25 bits per heavy atom. The van der Waals surface area contributed by atoms with Gasteiger partial charge in [0.2, 0.25) is 0 Å². The van der Waals surface area contributed by atoms with Crippen LogP contribution in [0.15, 0.2) is 18.2 Å². The van der Waals surface area contributed by atoms with Crippen LogP contribution in [0.5, 0.6) is 5.75 Å². The zero-order chi connectivity index (χ0) is 14.7. The Balaban J connectivity index is 2.33. The number of phenolic OH excluding ortho intramolecular Hbond substituents is 1. The van der Waals surface area contributed by atoms with Gasteiger partial charge in [-0.15, -0.1) is 0 Å². The van der Waals surface area contributed by atoms with Crippen molar-refractivity contribution in [2.75, 3.05) is 6.54 Å². The first-order valence-electron chi connectivity index (χ1n) is 6.84. The summed E-state index contributed by atoms with van der Waals surface area (Å²) in [6.45, 7) is 2.25. The lowest BCUT2D eigenvalue weighted by Crippen LogP contribution is -2.44. The normalized spacial score (nSPS) is 19.4. The van der Waals surface area contributed by atoms with Crippen LogP contribution in [-0.4, -0.2) is 39.6 Å². The monoisotopic (exact) mass is 277 g/mol. The van der Waals surface area contributed by atoms with Crippen molar-refractivity contribution >= 4 is 11.9 Å². The molecular formula is C15H19NO4. The number of carboxylic acid groups (broad SMARTS) is 1. The fourth-order valence-electron chi connectivity index (χ4n) is 2.58. The predicted molar refractivity (Wildman–Crippen MR) is 73.8 cm³/mol. The minimum atomic E-state index is -0.979. The lowest BCUT2D eigenvalue weighted by Gasteiger charge is -2.27. The smallest absolute Gasteiger partial charge is 0.326 e. The van der Waals surface area contributed by atoms with Crippen LogP contribution in [0, 0.1) is 6.92 Å². The van der Waals surface area contributed by atoms with Crippen molar-refractivity contribution < 1.29 is 19.8 Å². The number of aliphatic carboxylic acids is 1. The van der Waals surface area contributed by atoms with Gasteiger partial charge in [0.15, 0.2) is 0 Å². The molecule has 1 heterocycles. The second-order valence-corrected chi connectivity index (χ2v) is 5.22. The molecule has 1 atom stereocenters. The van der Waals surface area contributed by atoms with Crippen LogP contribution in [0.1, 0.15) is 41.6 Å². The summed E-state index contributed by atoms with van der Waals surface area (Å²) >= 11 is 0. The largest absolute Gasteiger partial charge is 0.507 e. The molecule has 1 aliphatic rings. The summed E-state index contributed by atoms with van der Waals surface area (Å²) in [5, 5.41) is 19.1. The van der Waals surface area contributed by atoms with Crippen LogP contribution in [0.3, 0.4) is 0 Å². The van der Waals surface area contributed by atoms with Gasteiger partial charge in [0.1, 0.15) is 11.8 Å². The van der Waals surface area contributed by atoms with Crippen molar-refractivity contribution in [3.8, 4) is 5.75 Å². The maximum absolute atomic E-state index is 12.5. The molecule has 5 nitrogen and oxygen atoms in total. The molecule has 2 N–H and O–H groups in total. The number of aryl methyl sites for hydroxylation is 1. The van der Waals surface area contributed by atoms with Gasteiger partial charge in [-0.05, 0) is 31.9 Å². The zero-order valence-electron chi connectivity index (χ0n) is 11.5. The predicted octanol–water partition coefficient (Wildman–Crippen LogP) is 2.17. The Labute approximate surface area is 117 Å². The summed E-state index contributed by atoms with van der Waals surface area (Å²) in [5.74, 6) is -1.48. The van der Waals surface area contributed by atoms with E-state index in [0.717, 1.165) is 24.8 Å². The topological polar surface area (TPSA) is 77.8 Å². The molecule has 1 unspecified atom stereocenters. The Hall–Kier alpha value is -2.04. The fourth-order valence-corrected chi connectivity index (χ4v) is 2.58. The molecule has 1 amide bonds. The van der Waals surface area contributed by atoms with Crippen molar-refractivity contribution in [2.24, 2.45) is 0 Å². The molecule has 1 aliphatic heterocycles. The van der Waals surface area contributed by atoms with Crippen LogP contribution < -0.4 is 0 Å². The van der Waals surface area contributed by atoms with E-state index < -0.39 is 17.9 Å². The zero-order valence-corrected chi connectivity index (χ0v) is 11.5. The molecule has 0 radical (unpaired) electrons. The van der Waals surface area contributed by atoms with E-state index in [1.54, 1.807) is 12.1 Å². The molecule has 0 spiro atoms. The van der Waals surface area contributed by atoms with Gasteiger partial charge in [0.05, 0.1) is 5.56 Å². The maximum Gasteiger partial charge on any atom is 0.326 e. The average Bonchev–Trinajstić information content (AvgIpc) is 2.66. The third-order valence-electron chi connectivity index (χ3n) is 3.68. The van der Waals surface area contributed by atoms with E-state index in [1.807, 2.05) is 6.92 Å². The quantitative estimate of drug-likeness (QED) is 0.868. The molecule has 0 saturated carbocycles. The van der Waals surface area contributed by atoms with Crippen molar-refractivity contribution in [1.82, 2.24) is 4.90 Å². The summed E-state index contributed by atoms with van der Waals surface area (Å²) in [6, 6.07) is 3.98. The lowest BCUT2D eigenvalue weighted by molar-refractivity contribution is -0.142. The van der Waals surface area contributed by atoms with E-state index >= 15 is 0 Å². The number of rotatable bonds is 2. The first kappa shape index (κ1) is 14.4. The molecule has 2 rings (SSSR count). The SMILES string of the molecule is Cc1ccc(O)c(C(=O)N2CCCCCC2C(=O)O)c1. The van der Waals surface area contributed by atoms with E-state index in [9.17, 15) is 19.8 Å². The Kier molecular flexibility index (Phi) is 4.27. The molecule has 0 aliphatic carbocycles. The van der Waals surface area contributed by atoms with Gasteiger partial charge in [-0.3, -0.25) is 4.79 Å².